The van der Waals surface area contributed by atoms with Gasteiger partial charge in [-0.1, -0.05) is 24.3 Å². The molecule has 0 radical (unpaired) electrons. The highest BCUT2D eigenvalue weighted by molar-refractivity contribution is 5.78. The molecule has 0 saturated carbocycles. The van der Waals surface area contributed by atoms with Crippen molar-refractivity contribution in [2.45, 2.75) is 18.7 Å². The predicted octanol–water partition coefficient (Wildman–Crippen LogP) is 3.24. The lowest BCUT2D eigenvalue weighted by Gasteiger charge is -2.14. The first-order valence-electron chi connectivity index (χ1n) is 7.12. The third kappa shape index (κ3) is 5.06. The summed E-state index contributed by atoms with van der Waals surface area (Å²) in [5.74, 6) is -0.788. The molecule has 0 saturated heterocycles. The number of rotatable bonds is 5. The van der Waals surface area contributed by atoms with Gasteiger partial charge in [-0.2, -0.15) is 13.2 Å². The molecule has 0 bridgehead atoms. The number of hydrogen-bond donors (Lipinski definition) is 2. The smallest absolute Gasteiger partial charge is 0.387 e. The SMILES string of the molecule is O=C(Cc1ccc(F)cc1)NCC(O)c1ccc(C(F)(F)F)cc1. The van der Waals surface area contributed by atoms with E-state index in [1.807, 2.05) is 0 Å². The molecule has 0 spiro atoms. The van der Waals surface area contributed by atoms with Crippen molar-refractivity contribution in [3.05, 3.63) is 71.0 Å². The van der Waals surface area contributed by atoms with Crippen LogP contribution in [0.25, 0.3) is 0 Å². The molecule has 0 aliphatic carbocycles. The van der Waals surface area contributed by atoms with Gasteiger partial charge in [0.25, 0.3) is 0 Å². The Kier molecular flexibility index (Phi) is 5.56. The average Bonchev–Trinajstić information content (AvgIpc) is 2.54. The number of nitrogens with one attached hydrogen (secondary N) is 1. The largest absolute Gasteiger partial charge is 0.416 e. The topological polar surface area (TPSA) is 49.3 Å². The normalized spacial score (nSPS) is 12.7. The highest BCUT2D eigenvalue weighted by Gasteiger charge is 2.30. The van der Waals surface area contributed by atoms with Crippen molar-refractivity contribution >= 4 is 5.91 Å². The summed E-state index contributed by atoms with van der Waals surface area (Å²) in [6.45, 7) is -0.134. The van der Waals surface area contributed by atoms with E-state index in [1.165, 1.54) is 36.4 Å². The Balaban J connectivity index is 1.87. The average molecular weight is 341 g/mol. The van der Waals surface area contributed by atoms with Crippen molar-refractivity contribution in [3.8, 4) is 0 Å². The van der Waals surface area contributed by atoms with Crippen molar-refractivity contribution in [1.29, 1.82) is 0 Å². The van der Waals surface area contributed by atoms with Gasteiger partial charge in [0.05, 0.1) is 18.1 Å². The number of aliphatic hydroxyl groups is 1. The second-order valence-electron chi connectivity index (χ2n) is 5.24. The maximum absolute atomic E-state index is 12.8. The van der Waals surface area contributed by atoms with E-state index in [4.69, 9.17) is 0 Å². The van der Waals surface area contributed by atoms with Gasteiger partial charge in [0.15, 0.2) is 0 Å². The summed E-state index contributed by atoms with van der Waals surface area (Å²) in [5.41, 5.74) is 0.0711. The summed E-state index contributed by atoms with van der Waals surface area (Å²) in [6.07, 6.45) is -5.54. The molecule has 0 fully saturated rings. The van der Waals surface area contributed by atoms with Gasteiger partial charge < -0.3 is 10.4 Å². The molecule has 1 atom stereocenters. The van der Waals surface area contributed by atoms with Crippen LogP contribution >= 0.6 is 0 Å². The van der Waals surface area contributed by atoms with E-state index in [1.54, 1.807) is 0 Å². The summed E-state index contributed by atoms with van der Waals surface area (Å²) in [4.78, 5) is 11.8. The molecular weight excluding hydrogens is 326 g/mol. The molecule has 0 aromatic heterocycles. The summed E-state index contributed by atoms with van der Waals surface area (Å²) in [5, 5.41) is 12.4. The fourth-order valence-corrected chi connectivity index (χ4v) is 2.07. The summed E-state index contributed by atoms with van der Waals surface area (Å²) in [7, 11) is 0. The maximum Gasteiger partial charge on any atom is 0.416 e. The van der Waals surface area contributed by atoms with Crippen LogP contribution in [0.15, 0.2) is 48.5 Å². The van der Waals surface area contributed by atoms with Gasteiger partial charge in [0.1, 0.15) is 5.82 Å². The number of carbonyl (C=O) groups excluding carboxylic acids is 1. The van der Waals surface area contributed by atoms with E-state index in [9.17, 15) is 27.5 Å². The standard InChI is InChI=1S/C17H15F4NO2/c18-14-7-1-11(2-8-14)9-16(24)22-10-15(23)12-3-5-13(6-4-12)17(19,20)21/h1-8,15,23H,9-10H2,(H,22,24). The van der Waals surface area contributed by atoms with E-state index >= 15 is 0 Å². The Labute approximate surface area is 135 Å². The van der Waals surface area contributed by atoms with Crippen LogP contribution in [-0.2, 0) is 17.4 Å². The van der Waals surface area contributed by atoms with Crippen molar-refractivity contribution in [1.82, 2.24) is 5.32 Å². The van der Waals surface area contributed by atoms with Crippen LogP contribution in [-0.4, -0.2) is 17.6 Å². The van der Waals surface area contributed by atoms with E-state index < -0.39 is 23.7 Å². The van der Waals surface area contributed by atoms with Crippen LogP contribution < -0.4 is 5.32 Å². The van der Waals surface area contributed by atoms with Crippen LogP contribution in [0.4, 0.5) is 17.6 Å². The van der Waals surface area contributed by atoms with Gasteiger partial charge in [-0.25, -0.2) is 4.39 Å². The van der Waals surface area contributed by atoms with Crippen LogP contribution in [0.3, 0.4) is 0 Å². The number of amides is 1. The first kappa shape index (κ1) is 17.9. The van der Waals surface area contributed by atoms with Crippen molar-refractivity contribution < 1.29 is 27.5 Å². The fourth-order valence-electron chi connectivity index (χ4n) is 2.07. The number of hydrogen-bond acceptors (Lipinski definition) is 2. The highest BCUT2D eigenvalue weighted by Crippen LogP contribution is 2.29. The van der Waals surface area contributed by atoms with Gasteiger partial charge in [-0.05, 0) is 35.4 Å². The zero-order valence-electron chi connectivity index (χ0n) is 12.5. The minimum Gasteiger partial charge on any atom is -0.387 e. The van der Waals surface area contributed by atoms with Gasteiger partial charge in [-0.3, -0.25) is 4.79 Å². The number of aliphatic hydroxyl groups excluding tert-OH is 1. The van der Waals surface area contributed by atoms with Gasteiger partial charge in [-0.15, -0.1) is 0 Å². The van der Waals surface area contributed by atoms with E-state index in [0.29, 0.717) is 5.56 Å². The van der Waals surface area contributed by atoms with Crippen LogP contribution in [0, 0.1) is 5.82 Å². The molecule has 0 aliphatic rings. The first-order chi connectivity index (χ1) is 11.3. The molecule has 0 aliphatic heterocycles. The molecule has 2 rings (SSSR count). The first-order valence-corrected chi connectivity index (χ1v) is 7.12. The quantitative estimate of drug-likeness (QED) is 0.821. The zero-order valence-corrected chi connectivity index (χ0v) is 12.5. The molecule has 2 aromatic carbocycles. The second kappa shape index (κ2) is 7.44. The lowest BCUT2D eigenvalue weighted by Crippen LogP contribution is -2.29. The third-order valence-corrected chi connectivity index (χ3v) is 3.39. The highest BCUT2D eigenvalue weighted by atomic mass is 19.4. The van der Waals surface area contributed by atoms with Gasteiger partial charge in [0, 0.05) is 6.54 Å². The molecule has 3 nitrogen and oxygen atoms in total. The van der Waals surface area contributed by atoms with Crippen molar-refractivity contribution in [3.63, 3.8) is 0 Å². The maximum atomic E-state index is 12.8. The molecule has 2 aromatic rings. The Morgan fingerprint density at radius 3 is 2.17 bits per heavy atom. The number of halogens is 4. The third-order valence-electron chi connectivity index (χ3n) is 3.39. The fraction of sp³-hybridized carbons (Fsp3) is 0.235. The van der Waals surface area contributed by atoms with E-state index in [2.05, 4.69) is 5.32 Å². The van der Waals surface area contributed by atoms with Crippen LogP contribution in [0.1, 0.15) is 22.8 Å². The molecule has 7 heteroatoms. The number of alkyl halides is 3. The van der Waals surface area contributed by atoms with Crippen LogP contribution in [0.2, 0.25) is 0 Å². The molecule has 24 heavy (non-hydrogen) atoms. The monoisotopic (exact) mass is 341 g/mol. The lowest BCUT2D eigenvalue weighted by molar-refractivity contribution is -0.137. The summed E-state index contributed by atoms with van der Waals surface area (Å²) in [6, 6.07) is 9.50. The van der Waals surface area contributed by atoms with Gasteiger partial charge >= 0.3 is 6.18 Å². The zero-order chi connectivity index (χ0) is 17.7. The van der Waals surface area contributed by atoms with Crippen molar-refractivity contribution in [2.24, 2.45) is 0 Å². The van der Waals surface area contributed by atoms with Crippen molar-refractivity contribution in [2.75, 3.05) is 6.54 Å². The summed E-state index contributed by atoms with van der Waals surface area (Å²) < 4.78 is 50.2. The molecule has 2 N–H and O–H groups in total. The molecule has 128 valence electrons. The Morgan fingerprint density at radius 2 is 1.62 bits per heavy atom. The molecule has 1 unspecified atom stereocenters. The minimum absolute atomic E-state index is 0.0139. The predicted molar refractivity (Wildman–Crippen MR) is 79.5 cm³/mol. The second-order valence-corrected chi connectivity index (χ2v) is 5.24. The summed E-state index contributed by atoms with van der Waals surface area (Å²) >= 11 is 0. The Morgan fingerprint density at radius 1 is 1.04 bits per heavy atom. The number of carbonyl (C=O) groups is 1. The van der Waals surface area contributed by atoms with Crippen LogP contribution in [0.5, 0.6) is 0 Å². The Bertz CT molecular complexity index is 681. The van der Waals surface area contributed by atoms with E-state index in [0.717, 1.165) is 12.1 Å². The lowest BCUT2D eigenvalue weighted by atomic mass is 10.1. The minimum atomic E-state index is -4.44. The Hall–Kier alpha value is -2.41. The molecule has 1 amide bonds. The number of benzene rings is 2. The molecular formula is C17H15F4NO2. The molecule has 0 heterocycles. The van der Waals surface area contributed by atoms with E-state index in [-0.39, 0.29) is 24.4 Å². The van der Waals surface area contributed by atoms with Gasteiger partial charge in [0.2, 0.25) is 5.91 Å².